The predicted molar refractivity (Wildman–Crippen MR) is 91.6 cm³/mol. The molecule has 1 saturated heterocycles. The van der Waals surface area contributed by atoms with Gasteiger partial charge in [0, 0.05) is 30.1 Å². The third-order valence-corrected chi connectivity index (χ3v) is 4.52. The molecule has 0 aliphatic carbocycles. The first-order chi connectivity index (χ1) is 12.7. The highest BCUT2D eigenvalue weighted by molar-refractivity contribution is 5.94. The minimum Gasteiger partial charge on any atom is -0.337 e. The minimum atomic E-state index is -0.320. The predicted octanol–water partition coefficient (Wildman–Crippen LogP) is 3.64. The van der Waals surface area contributed by atoms with Gasteiger partial charge in [-0.3, -0.25) is 9.78 Å². The Labute approximate surface area is 149 Å². The van der Waals surface area contributed by atoms with E-state index in [4.69, 9.17) is 4.52 Å². The highest BCUT2D eigenvalue weighted by atomic mass is 19.1. The number of rotatable bonds is 3. The van der Waals surface area contributed by atoms with E-state index in [1.54, 1.807) is 41.6 Å². The van der Waals surface area contributed by atoms with Gasteiger partial charge in [0.05, 0.1) is 0 Å². The van der Waals surface area contributed by atoms with Crippen molar-refractivity contribution in [3.63, 3.8) is 0 Å². The number of halogens is 1. The molecule has 1 aromatic carbocycles. The van der Waals surface area contributed by atoms with E-state index in [1.165, 1.54) is 12.1 Å². The third-order valence-electron chi connectivity index (χ3n) is 4.52. The standard InChI is InChI=1S/C19H17FN4O2/c20-15-6-4-13(5-7-15)17-22-18(26-23-17)16-3-1-2-12-24(16)19(25)14-8-10-21-11-9-14/h4-11,16H,1-3,12H2/t16-/m1/s1. The normalized spacial score (nSPS) is 17.3. The Hall–Kier alpha value is -3.09. The van der Waals surface area contributed by atoms with Crippen molar-refractivity contribution in [3.05, 3.63) is 66.1 Å². The van der Waals surface area contributed by atoms with Gasteiger partial charge in [0.25, 0.3) is 5.91 Å². The first-order valence-corrected chi connectivity index (χ1v) is 8.53. The lowest BCUT2D eigenvalue weighted by Gasteiger charge is -2.33. The van der Waals surface area contributed by atoms with Crippen molar-refractivity contribution < 1.29 is 13.7 Å². The van der Waals surface area contributed by atoms with Gasteiger partial charge in [-0.1, -0.05) is 5.16 Å². The van der Waals surface area contributed by atoms with E-state index < -0.39 is 0 Å². The van der Waals surface area contributed by atoms with Gasteiger partial charge in [0.15, 0.2) is 0 Å². The molecule has 0 bridgehead atoms. The summed E-state index contributed by atoms with van der Waals surface area (Å²) in [5.41, 5.74) is 1.26. The molecule has 3 aromatic rings. The quantitative estimate of drug-likeness (QED) is 0.720. The van der Waals surface area contributed by atoms with Crippen LogP contribution in [0.5, 0.6) is 0 Å². The molecule has 1 atom stereocenters. The number of pyridine rings is 1. The summed E-state index contributed by atoms with van der Waals surface area (Å²) in [5, 5.41) is 4.00. The van der Waals surface area contributed by atoms with Crippen molar-refractivity contribution in [2.45, 2.75) is 25.3 Å². The number of nitrogens with zero attached hydrogens (tertiary/aromatic N) is 4. The van der Waals surface area contributed by atoms with Crippen molar-refractivity contribution in [1.82, 2.24) is 20.0 Å². The molecule has 1 amide bonds. The van der Waals surface area contributed by atoms with Gasteiger partial charge in [-0.15, -0.1) is 0 Å². The SMILES string of the molecule is O=C(c1ccncc1)N1CCCC[C@@H]1c1nc(-c2ccc(F)cc2)no1. The maximum atomic E-state index is 13.1. The molecule has 26 heavy (non-hydrogen) atoms. The van der Waals surface area contributed by atoms with Crippen LogP contribution in [0.1, 0.15) is 41.6 Å². The molecule has 0 saturated carbocycles. The van der Waals surface area contributed by atoms with E-state index in [-0.39, 0.29) is 17.8 Å². The van der Waals surface area contributed by atoms with Crippen molar-refractivity contribution in [1.29, 1.82) is 0 Å². The van der Waals surface area contributed by atoms with Gasteiger partial charge in [-0.2, -0.15) is 4.98 Å². The second-order valence-corrected chi connectivity index (χ2v) is 6.21. The fraction of sp³-hybridized carbons (Fsp3) is 0.263. The molecular formula is C19H17FN4O2. The second-order valence-electron chi connectivity index (χ2n) is 6.21. The van der Waals surface area contributed by atoms with E-state index in [1.807, 2.05) is 0 Å². The van der Waals surface area contributed by atoms with Crippen LogP contribution in [0.4, 0.5) is 4.39 Å². The monoisotopic (exact) mass is 352 g/mol. The molecule has 6 nitrogen and oxygen atoms in total. The Morgan fingerprint density at radius 1 is 1.12 bits per heavy atom. The largest absolute Gasteiger partial charge is 0.337 e. The maximum Gasteiger partial charge on any atom is 0.254 e. The number of piperidine rings is 1. The summed E-state index contributed by atoms with van der Waals surface area (Å²) < 4.78 is 18.5. The summed E-state index contributed by atoms with van der Waals surface area (Å²) in [6, 6.07) is 9.05. The van der Waals surface area contributed by atoms with Crippen LogP contribution in [-0.4, -0.2) is 32.5 Å². The highest BCUT2D eigenvalue weighted by Gasteiger charge is 2.32. The lowest BCUT2D eigenvalue weighted by atomic mass is 10.0. The number of carbonyl (C=O) groups is 1. The summed E-state index contributed by atoms with van der Waals surface area (Å²) in [4.78, 5) is 23.1. The van der Waals surface area contributed by atoms with Crippen LogP contribution in [0.2, 0.25) is 0 Å². The number of aromatic nitrogens is 3. The lowest BCUT2D eigenvalue weighted by molar-refractivity contribution is 0.0561. The van der Waals surface area contributed by atoms with Crippen LogP contribution >= 0.6 is 0 Å². The molecule has 0 radical (unpaired) electrons. The van der Waals surface area contributed by atoms with E-state index in [9.17, 15) is 9.18 Å². The number of hydrogen-bond acceptors (Lipinski definition) is 5. The summed E-state index contributed by atoms with van der Waals surface area (Å²) in [6.45, 7) is 0.639. The van der Waals surface area contributed by atoms with Crippen molar-refractivity contribution >= 4 is 5.91 Å². The molecule has 1 aliphatic heterocycles. The van der Waals surface area contributed by atoms with Crippen LogP contribution in [0, 0.1) is 5.82 Å². The maximum absolute atomic E-state index is 13.1. The molecule has 132 valence electrons. The highest BCUT2D eigenvalue weighted by Crippen LogP contribution is 2.32. The Morgan fingerprint density at radius 3 is 2.65 bits per heavy atom. The zero-order valence-electron chi connectivity index (χ0n) is 14.0. The average Bonchev–Trinajstić information content (AvgIpc) is 3.19. The Balaban J connectivity index is 1.61. The number of amides is 1. The molecule has 7 heteroatoms. The molecule has 2 aromatic heterocycles. The van der Waals surface area contributed by atoms with Crippen LogP contribution in [-0.2, 0) is 0 Å². The summed E-state index contributed by atoms with van der Waals surface area (Å²) >= 11 is 0. The number of carbonyl (C=O) groups excluding carboxylic acids is 1. The van der Waals surface area contributed by atoms with Gasteiger partial charge in [0.1, 0.15) is 11.9 Å². The molecule has 4 rings (SSSR count). The molecule has 1 aliphatic rings. The molecule has 0 spiro atoms. The van der Waals surface area contributed by atoms with E-state index in [0.29, 0.717) is 29.4 Å². The summed E-state index contributed by atoms with van der Waals surface area (Å²) in [5.74, 6) is 0.408. The summed E-state index contributed by atoms with van der Waals surface area (Å²) in [7, 11) is 0. The van der Waals surface area contributed by atoms with Gasteiger partial charge in [-0.25, -0.2) is 4.39 Å². The third kappa shape index (κ3) is 3.20. The fourth-order valence-corrected chi connectivity index (χ4v) is 3.18. The zero-order valence-corrected chi connectivity index (χ0v) is 14.0. The van der Waals surface area contributed by atoms with Crippen LogP contribution in [0.3, 0.4) is 0 Å². The lowest BCUT2D eigenvalue weighted by Crippen LogP contribution is -2.38. The van der Waals surface area contributed by atoms with Gasteiger partial charge >= 0.3 is 0 Å². The van der Waals surface area contributed by atoms with E-state index in [2.05, 4.69) is 15.1 Å². The van der Waals surface area contributed by atoms with Gasteiger partial charge < -0.3 is 9.42 Å². The smallest absolute Gasteiger partial charge is 0.254 e. The zero-order chi connectivity index (χ0) is 17.9. The first-order valence-electron chi connectivity index (χ1n) is 8.53. The topological polar surface area (TPSA) is 72.1 Å². The minimum absolute atomic E-state index is 0.0707. The molecule has 1 fully saturated rings. The van der Waals surface area contributed by atoms with E-state index in [0.717, 1.165) is 19.3 Å². The Kier molecular flexibility index (Phi) is 4.43. The van der Waals surface area contributed by atoms with Crippen LogP contribution in [0.25, 0.3) is 11.4 Å². The second kappa shape index (κ2) is 7.03. The Bertz CT molecular complexity index is 895. The van der Waals surface area contributed by atoms with Gasteiger partial charge in [-0.05, 0) is 55.7 Å². The number of benzene rings is 1. The van der Waals surface area contributed by atoms with Crippen molar-refractivity contribution in [3.8, 4) is 11.4 Å². The van der Waals surface area contributed by atoms with Crippen molar-refractivity contribution in [2.75, 3.05) is 6.54 Å². The molecule has 0 unspecified atom stereocenters. The molecule has 0 N–H and O–H groups in total. The average molecular weight is 352 g/mol. The number of hydrogen-bond donors (Lipinski definition) is 0. The molecule has 3 heterocycles. The van der Waals surface area contributed by atoms with E-state index >= 15 is 0 Å². The fourth-order valence-electron chi connectivity index (χ4n) is 3.18. The Morgan fingerprint density at radius 2 is 1.88 bits per heavy atom. The van der Waals surface area contributed by atoms with Crippen LogP contribution in [0.15, 0.2) is 53.3 Å². The number of likely N-dealkylation sites (tertiary alicyclic amines) is 1. The first kappa shape index (κ1) is 16.4. The molecular weight excluding hydrogens is 335 g/mol. The van der Waals surface area contributed by atoms with Crippen LogP contribution < -0.4 is 0 Å². The summed E-state index contributed by atoms with van der Waals surface area (Å²) in [6.07, 6.45) is 5.89. The van der Waals surface area contributed by atoms with Gasteiger partial charge in [0.2, 0.25) is 11.7 Å². The van der Waals surface area contributed by atoms with Crippen molar-refractivity contribution in [2.24, 2.45) is 0 Å².